The van der Waals surface area contributed by atoms with Gasteiger partial charge in [0.1, 0.15) is 0 Å². The molecule has 0 unspecified atom stereocenters. The molecule has 0 amide bonds. The molecule has 0 fully saturated rings. The summed E-state index contributed by atoms with van der Waals surface area (Å²) in [7, 11) is 0. The van der Waals surface area contributed by atoms with Crippen LogP contribution in [0.1, 0.15) is 23.6 Å². The zero-order valence-corrected chi connectivity index (χ0v) is 18.1. The summed E-state index contributed by atoms with van der Waals surface area (Å²) in [5.41, 5.74) is 2.93. The normalized spacial score (nSPS) is 12.0. The Hall–Kier alpha value is -3.85. The molecule has 5 aromatic rings. The standard InChI is InChI=1S/C23H19N7OS/c1-16(22-26-20(29-31-22)18-9-12-24-13-10-18)32-23-28-27-21(19-8-5-11-25-14-19)30(23)15-17-6-3-2-4-7-17/h2-14,16H,15H2,1H3/t16-/m0/s1. The lowest BCUT2D eigenvalue weighted by Gasteiger charge is -2.12. The van der Waals surface area contributed by atoms with E-state index in [9.17, 15) is 0 Å². The molecule has 0 aliphatic carbocycles. The van der Waals surface area contributed by atoms with Crippen molar-refractivity contribution in [1.29, 1.82) is 0 Å². The average Bonchev–Trinajstić information content (AvgIpc) is 3.49. The zero-order valence-electron chi connectivity index (χ0n) is 17.2. The lowest BCUT2D eigenvalue weighted by Crippen LogP contribution is -2.05. The second kappa shape index (κ2) is 9.11. The Morgan fingerprint density at radius 3 is 2.53 bits per heavy atom. The Morgan fingerprint density at radius 1 is 0.906 bits per heavy atom. The number of benzene rings is 1. The summed E-state index contributed by atoms with van der Waals surface area (Å²) in [6.07, 6.45) is 6.95. The van der Waals surface area contributed by atoms with Crippen LogP contribution in [0.15, 0.2) is 89.1 Å². The van der Waals surface area contributed by atoms with Crippen molar-refractivity contribution >= 4 is 11.8 Å². The van der Waals surface area contributed by atoms with Gasteiger partial charge in [0, 0.05) is 35.9 Å². The van der Waals surface area contributed by atoms with Gasteiger partial charge in [-0.15, -0.1) is 10.2 Å². The largest absolute Gasteiger partial charge is 0.338 e. The van der Waals surface area contributed by atoms with E-state index in [0.29, 0.717) is 18.3 Å². The molecule has 0 spiro atoms. The molecule has 0 N–H and O–H groups in total. The maximum atomic E-state index is 5.53. The second-order valence-electron chi connectivity index (χ2n) is 7.07. The molecule has 0 aliphatic rings. The summed E-state index contributed by atoms with van der Waals surface area (Å²) in [6.45, 7) is 2.65. The fraction of sp³-hybridized carbons (Fsp3) is 0.130. The number of thioether (sulfide) groups is 1. The third-order valence-electron chi connectivity index (χ3n) is 4.83. The molecule has 4 heterocycles. The van der Waals surface area contributed by atoms with Gasteiger partial charge in [-0.05, 0) is 36.8 Å². The van der Waals surface area contributed by atoms with Crippen molar-refractivity contribution in [2.75, 3.05) is 0 Å². The molecule has 158 valence electrons. The van der Waals surface area contributed by atoms with Crippen molar-refractivity contribution in [1.82, 2.24) is 34.9 Å². The van der Waals surface area contributed by atoms with Gasteiger partial charge in [0.25, 0.3) is 0 Å². The lowest BCUT2D eigenvalue weighted by molar-refractivity contribution is 0.380. The molecule has 1 atom stereocenters. The monoisotopic (exact) mass is 441 g/mol. The molecule has 4 aromatic heterocycles. The topological polar surface area (TPSA) is 95.4 Å². The fourth-order valence-corrected chi connectivity index (χ4v) is 4.10. The highest BCUT2D eigenvalue weighted by Gasteiger charge is 2.22. The molecule has 0 aliphatic heterocycles. The Kier molecular flexibility index (Phi) is 5.71. The fourth-order valence-electron chi connectivity index (χ4n) is 3.22. The Morgan fingerprint density at radius 2 is 1.75 bits per heavy atom. The number of pyridine rings is 2. The minimum absolute atomic E-state index is 0.112. The maximum absolute atomic E-state index is 5.53. The first kappa shape index (κ1) is 20.1. The van der Waals surface area contributed by atoms with Gasteiger partial charge in [-0.1, -0.05) is 47.3 Å². The summed E-state index contributed by atoms with van der Waals surface area (Å²) >= 11 is 1.53. The zero-order chi connectivity index (χ0) is 21.8. The van der Waals surface area contributed by atoms with E-state index in [4.69, 9.17) is 4.52 Å². The van der Waals surface area contributed by atoms with Crippen LogP contribution in [0, 0.1) is 0 Å². The van der Waals surface area contributed by atoms with Crippen molar-refractivity contribution in [3.05, 3.63) is 90.8 Å². The number of hydrogen-bond acceptors (Lipinski definition) is 8. The predicted octanol–water partition coefficient (Wildman–Crippen LogP) is 4.69. The van der Waals surface area contributed by atoms with E-state index in [0.717, 1.165) is 27.7 Å². The number of rotatable bonds is 7. The summed E-state index contributed by atoms with van der Waals surface area (Å²) in [5.74, 6) is 1.83. The number of aromatic nitrogens is 7. The minimum atomic E-state index is -0.112. The molecule has 1 aromatic carbocycles. The van der Waals surface area contributed by atoms with Gasteiger partial charge >= 0.3 is 0 Å². The van der Waals surface area contributed by atoms with E-state index in [1.807, 2.05) is 49.4 Å². The third-order valence-corrected chi connectivity index (χ3v) is 5.90. The van der Waals surface area contributed by atoms with Gasteiger partial charge in [-0.3, -0.25) is 14.5 Å². The first-order valence-electron chi connectivity index (χ1n) is 10.1. The van der Waals surface area contributed by atoms with E-state index < -0.39 is 0 Å². The molecule has 8 nitrogen and oxygen atoms in total. The van der Waals surface area contributed by atoms with Crippen LogP contribution in [-0.4, -0.2) is 34.9 Å². The number of nitrogens with zero attached hydrogens (tertiary/aromatic N) is 7. The van der Waals surface area contributed by atoms with E-state index in [-0.39, 0.29) is 5.25 Å². The van der Waals surface area contributed by atoms with Crippen molar-refractivity contribution < 1.29 is 4.52 Å². The molecule has 9 heteroatoms. The Labute approximate surface area is 188 Å². The SMILES string of the molecule is C[C@H](Sc1nnc(-c2cccnc2)n1Cc1ccccc1)c1nc(-c2ccncc2)no1. The van der Waals surface area contributed by atoms with Crippen LogP contribution in [0.2, 0.25) is 0 Å². The quantitative estimate of drug-likeness (QED) is 0.336. The summed E-state index contributed by atoms with van der Waals surface area (Å²) in [6, 6.07) is 17.8. The van der Waals surface area contributed by atoms with Gasteiger partial charge < -0.3 is 4.52 Å². The molecule has 0 saturated carbocycles. The van der Waals surface area contributed by atoms with E-state index in [1.165, 1.54) is 11.8 Å². The van der Waals surface area contributed by atoms with Gasteiger partial charge in [0.15, 0.2) is 11.0 Å². The Bertz CT molecular complexity index is 1290. The van der Waals surface area contributed by atoms with Crippen LogP contribution in [0.5, 0.6) is 0 Å². The van der Waals surface area contributed by atoms with Crippen molar-refractivity contribution in [2.45, 2.75) is 23.9 Å². The smallest absolute Gasteiger partial charge is 0.240 e. The summed E-state index contributed by atoms with van der Waals surface area (Å²) in [4.78, 5) is 12.8. The average molecular weight is 442 g/mol. The lowest BCUT2D eigenvalue weighted by atomic mass is 10.2. The van der Waals surface area contributed by atoms with Crippen LogP contribution in [0.25, 0.3) is 22.8 Å². The van der Waals surface area contributed by atoms with Crippen LogP contribution < -0.4 is 0 Å². The minimum Gasteiger partial charge on any atom is -0.338 e. The van der Waals surface area contributed by atoms with Gasteiger partial charge in [0.05, 0.1) is 11.8 Å². The summed E-state index contributed by atoms with van der Waals surface area (Å²) < 4.78 is 7.62. The first-order valence-corrected chi connectivity index (χ1v) is 10.9. The van der Waals surface area contributed by atoms with Gasteiger partial charge in [0.2, 0.25) is 11.7 Å². The Balaban J connectivity index is 1.44. The molecular weight excluding hydrogens is 422 g/mol. The second-order valence-corrected chi connectivity index (χ2v) is 8.38. The van der Waals surface area contributed by atoms with Gasteiger partial charge in [-0.25, -0.2) is 0 Å². The number of hydrogen-bond donors (Lipinski definition) is 0. The van der Waals surface area contributed by atoms with Crippen molar-refractivity contribution in [2.24, 2.45) is 0 Å². The van der Waals surface area contributed by atoms with Crippen LogP contribution in [-0.2, 0) is 6.54 Å². The summed E-state index contributed by atoms with van der Waals surface area (Å²) in [5, 5.41) is 13.7. The molecule has 0 saturated heterocycles. The van der Waals surface area contributed by atoms with Crippen LogP contribution >= 0.6 is 11.8 Å². The molecular formula is C23H19N7OS. The van der Waals surface area contributed by atoms with Gasteiger partial charge in [-0.2, -0.15) is 4.98 Å². The molecule has 5 rings (SSSR count). The van der Waals surface area contributed by atoms with Crippen molar-refractivity contribution in [3.63, 3.8) is 0 Å². The molecule has 0 radical (unpaired) electrons. The van der Waals surface area contributed by atoms with Crippen molar-refractivity contribution in [3.8, 4) is 22.8 Å². The third kappa shape index (κ3) is 4.28. The first-order chi connectivity index (χ1) is 15.8. The van der Waals surface area contributed by atoms with Crippen LogP contribution in [0.4, 0.5) is 0 Å². The maximum Gasteiger partial charge on any atom is 0.240 e. The molecule has 0 bridgehead atoms. The highest BCUT2D eigenvalue weighted by atomic mass is 32.2. The van der Waals surface area contributed by atoms with E-state index >= 15 is 0 Å². The predicted molar refractivity (Wildman–Crippen MR) is 121 cm³/mol. The highest BCUT2D eigenvalue weighted by molar-refractivity contribution is 7.99. The van der Waals surface area contributed by atoms with E-state index in [2.05, 4.69) is 47.0 Å². The van der Waals surface area contributed by atoms with Crippen LogP contribution in [0.3, 0.4) is 0 Å². The molecule has 32 heavy (non-hydrogen) atoms. The van der Waals surface area contributed by atoms with E-state index in [1.54, 1.807) is 24.8 Å². The highest BCUT2D eigenvalue weighted by Crippen LogP contribution is 2.35.